The van der Waals surface area contributed by atoms with Crippen molar-refractivity contribution in [1.82, 2.24) is 4.57 Å². The lowest BCUT2D eigenvalue weighted by Crippen LogP contribution is -2.26. The van der Waals surface area contributed by atoms with Crippen molar-refractivity contribution in [1.29, 1.82) is 5.41 Å². The average molecular weight is 192 g/mol. The SMILES string of the molecule is N=c1c(C(N)=O)cccn1/C=C/N=O. The molecule has 72 valence electrons. The number of nitrogens with two attached hydrogens (primary N) is 1. The number of nitrogens with one attached hydrogen (secondary N) is 1. The molecule has 0 aliphatic carbocycles. The number of hydrogen-bond donors (Lipinski definition) is 2. The third-order valence-corrected chi connectivity index (χ3v) is 1.58. The summed E-state index contributed by atoms with van der Waals surface area (Å²) in [5.41, 5.74) is 5.03. The summed E-state index contributed by atoms with van der Waals surface area (Å²) in [5.74, 6) is -0.684. The highest BCUT2D eigenvalue weighted by Gasteiger charge is 2.03. The van der Waals surface area contributed by atoms with Crippen LogP contribution in [0.2, 0.25) is 0 Å². The van der Waals surface area contributed by atoms with Gasteiger partial charge < -0.3 is 10.3 Å². The van der Waals surface area contributed by atoms with Crippen LogP contribution in [-0.4, -0.2) is 10.5 Å². The fourth-order valence-electron chi connectivity index (χ4n) is 0.947. The lowest BCUT2D eigenvalue weighted by molar-refractivity contribution is 0.0998. The maximum absolute atomic E-state index is 10.8. The smallest absolute Gasteiger partial charge is 0.252 e. The Morgan fingerprint density at radius 3 is 2.93 bits per heavy atom. The molecular formula is C8H8N4O2. The molecule has 0 aromatic carbocycles. The van der Waals surface area contributed by atoms with Crippen molar-refractivity contribution >= 4 is 12.1 Å². The first-order valence-electron chi connectivity index (χ1n) is 3.71. The molecule has 6 heteroatoms. The van der Waals surface area contributed by atoms with Gasteiger partial charge in [-0.3, -0.25) is 10.2 Å². The normalized spacial score (nSPS) is 10.3. The largest absolute Gasteiger partial charge is 0.365 e. The van der Waals surface area contributed by atoms with Crippen LogP contribution in [0.3, 0.4) is 0 Å². The summed E-state index contributed by atoms with van der Waals surface area (Å²) in [7, 11) is 0. The highest BCUT2D eigenvalue weighted by atomic mass is 16.2. The molecule has 0 aliphatic heterocycles. The van der Waals surface area contributed by atoms with E-state index in [0.717, 1.165) is 6.20 Å². The first-order chi connectivity index (χ1) is 6.66. The molecule has 0 bridgehead atoms. The highest BCUT2D eigenvalue weighted by Crippen LogP contribution is 1.91. The fraction of sp³-hybridized carbons (Fsp3) is 0. The number of carbonyl (C=O) groups excluding carboxylic acids is 1. The van der Waals surface area contributed by atoms with Crippen LogP contribution in [0.25, 0.3) is 6.20 Å². The molecule has 0 unspecified atom stereocenters. The monoisotopic (exact) mass is 192 g/mol. The van der Waals surface area contributed by atoms with Crippen LogP contribution < -0.4 is 11.2 Å². The number of amides is 1. The Hall–Kier alpha value is -2.24. The molecule has 0 saturated carbocycles. The fourth-order valence-corrected chi connectivity index (χ4v) is 0.947. The maximum Gasteiger partial charge on any atom is 0.252 e. The van der Waals surface area contributed by atoms with Crippen molar-refractivity contribution < 1.29 is 4.79 Å². The summed E-state index contributed by atoms with van der Waals surface area (Å²) >= 11 is 0. The zero-order valence-corrected chi connectivity index (χ0v) is 7.18. The zero-order valence-electron chi connectivity index (χ0n) is 7.18. The van der Waals surface area contributed by atoms with Crippen LogP contribution in [0.5, 0.6) is 0 Å². The van der Waals surface area contributed by atoms with Crippen LogP contribution in [0.1, 0.15) is 10.4 Å². The first kappa shape index (κ1) is 9.85. The molecule has 1 amide bonds. The van der Waals surface area contributed by atoms with Crippen molar-refractivity contribution in [3.63, 3.8) is 0 Å². The van der Waals surface area contributed by atoms with Crippen LogP contribution >= 0.6 is 0 Å². The van der Waals surface area contributed by atoms with Gasteiger partial charge >= 0.3 is 0 Å². The van der Waals surface area contributed by atoms with E-state index in [4.69, 9.17) is 11.1 Å². The minimum absolute atomic E-state index is 0.0834. The minimum Gasteiger partial charge on any atom is -0.365 e. The summed E-state index contributed by atoms with van der Waals surface area (Å²) in [4.78, 5) is 20.6. The van der Waals surface area contributed by atoms with E-state index in [1.54, 1.807) is 6.07 Å². The lowest BCUT2D eigenvalue weighted by Gasteiger charge is -2.01. The van der Waals surface area contributed by atoms with Gasteiger partial charge in [0, 0.05) is 12.4 Å². The second-order valence-corrected chi connectivity index (χ2v) is 2.45. The van der Waals surface area contributed by atoms with Gasteiger partial charge in [0.25, 0.3) is 5.91 Å². The molecule has 1 aromatic rings. The second-order valence-electron chi connectivity index (χ2n) is 2.45. The molecule has 3 N–H and O–H groups in total. The third kappa shape index (κ3) is 1.92. The number of primary amides is 1. The molecule has 14 heavy (non-hydrogen) atoms. The summed E-state index contributed by atoms with van der Waals surface area (Å²) in [6.45, 7) is 0. The summed E-state index contributed by atoms with van der Waals surface area (Å²) in [6.07, 6.45) is 3.75. The van der Waals surface area contributed by atoms with Gasteiger partial charge in [-0.2, -0.15) is 0 Å². The number of nitroso groups, excluding NO2 is 1. The van der Waals surface area contributed by atoms with Crippen LogP contribution in [-0.2, 0) is 0 Å². The van der Waals surface area contributed by atoms with Gasteiger partial charge in [-0.15, -0.1) is 4.91 Å². The maximum atomic E-state index is 10.8. The van der Waals surface area contributed by atoms with E-state index in [0.29, 0.717) is 0 Å². The van der Waals surface area contributed by atoms with Crippen molar-refractivity contribution in [3.05, 3.63) is 40.5 Å². The van der Waals surface area contributed by atoms with E-state index in [9.17, 15) is 9.70 Å². The Labute approximate surface area is 79.1 Å². The van der Waals surface area contributed by atoms with E-state index in [-0.39, 0.29) is 11.1 Å². The topological polar surface area (TPSA) is 101 Å². The average Bonchev–Trinajstić information content (AvgIpc) is 2.16. The van der Waals surface area contributed by atoms with Gasteiger partial charge in [-0.25, -0.2) is 0 Å². The lowest BCUT2D eigenvalue weighted by atomic mass is 10.2. The van der Waals surface area contributed by atoms with Crippen LogP contribution in [0.4, 0.5) is 0 Å². The van der Waals surface area contributed by atoms with E-state index >= 15 is 0 Å². The van der Waals surface area contributed by atoms with Crippen molar-refractivity contribution in [2.45, 2.75) is 0 Å². The third-order valence-electron chi connectivity index (χ3n) is 1.58. The molecule has 6 nitrogen and oxygen atoms in total. The van der Waals surface area contributed by atoms with Crippen molar-refractivity contribution in [2.24, 2.45) is 10.9 Å². The molecule has 0 saturated heterocycles. The number of aromatic nitrogens is 1. The standard InChI is InChI=1S/C8H8N4O2/c9-7-6(8(10)13)2-1-4-12(7)5-3-11-14/h1-5,9H,(H2,10,13)/b5-3+,9-7?. The van der Waals surface area contributed by atoms with E-state index < -0.39 is 5.91 Å². The Kier molecular flexibility index (Phi) is 2.90. The van der Waals surface area contributed by atoms with Gasteiger partial charge in [-0.05, 0) is 17.3 Å². The van der Waals surface area contributed by atoms with Gasteiger partial charge in [0.05, 0.1) is 11.8 Å². The van der Waals surface area contributed by atoms with Gasteiger partial charge in [0.2, 0.25) is 0 Å². The van der Waals surface area contributed by atoms with E-state index in [2.05, 4.69) is 5.18 Å². The Balaban J connectivity index is 3.27. The van der Waals surface area contributed by atoms with E-state index in [1.165, 1.54) is 23.0 Å². The van der Waals surface area contributed by atoms with Crippen molar-refractivity contribution in [3.8, 4) is 0 Å². The number of hydrogen-bond acceptors (Lipinski definition) is 4. The quantitative estimate of drug-likeness (QED) is 0.671. The molecular weight excluding hydrogens is 184 g/mol. The number of nitrogens with zero attached hydrogens (tertiary/aromatic N) is 2. The Morgan fingerprint density at radius 1 is 1.64 bits per heavy atom. The molecule has 0 radical (unpaired) electrons. The second kappa shape index (κ2) is 4.13. The van der Waals surface area contributed by atoms with E-state index in [1.807, 2.05) is 0 Å². The zero-order chi connectivity index (χ0) is 10.6. The van der Waals surface area contributed by atoms with Crippen LogP contribution in [0.15, 0.2) is 29.7 Å². The van der Waals surface area contributed by atoms with Gasteiger partial charge in [0.15, 0.2) is 0 Å². The number of pyridine rings is 1. The number of carbonyl (C=O) groups is 1. The summed E-state index contributed by atoms with van der Waals surface area (Å²) in [5, 5.41) is 10.0. The van der Waals surface area contributed by atoms with Crippen LogP contribution in [0, 0.1) is 10.3 Å². The molecule has 1 heterocycles. The molecule has 0 aliphatic rings. The predicted octanol–water partition coefficient (Wildman–Crippen LogP) is 0.261. The molecule has 1 rings (SSSR count). The highest BCUT2D eigenvalue weighted by molar-refractivity contribution is 5.92. The Morgan fingerprint density at radius 2 is 2.36 bits per heavy atom. The first-order valence-corrected chi connectivity index (χ1v) is 3.71. The Bertz CT molecular complexity index is 447. The van der Waals surface area contributed by atoms with Gasteiger partial charge in [0.1, 0.15) is 5.49 Å². The summed E-state index contributed by atoms with van der Waals surface area (Å²) < 4.78 is 1.27. The molecule has 0 atom stereocenters. The number of rotatable bonds is 3. The summed E-state index contributed by atoms with van der Waals surface area (Å²) in [6, 6.07) is 2.98. The molecule has 0 fully saturated rings. The molecule has 0 spiro atoms. The van der Waals surface area contributed by atoms with Gasteiger partial charge in [-0.1, -0.05) is 0 Å². The predicted molar refractivity (Wildman–Crippen MR) is 49.9 cm³/mol. The minimum atomic E-state index is -0.684. The molecule has 1 aromatic heterocycles. The van der Waals surface area contributed by atoms with Crippen molar-refractivity contribution in [2.75, 3.05) is 0 Å².